The van der Waals surface area contributed by atoms with Crippen molar-refractivity contribution in [2.24, 2.45) is 4.99 Å². The van der Waals surface area contributed by atoms with Crippen molar-refractivity contribution in [3.63, 3.8) is 0 Å². The van der Waals surface area contributed by atoms with Crippen LogP contribution in [0.15, 0.2) is 53.7 Å². The number of aryl methyl sites for hydroxylation is 4. The fourth-order valence-corrected chi connectivity index (χ4v) is 8.97. The van der Waals surface area contributed by atoms with Gasteiger partial charge in [0.05, 0.1) is 21.8 Å². The summed E-state index contributed by atoms with van der Waals surface area (Å²) in [6.45, 7) is 9.28. The molecule has 54 heavy (non-hydrogen) atoms. The standard InChI is InChI=1S/C41H39ClN8O3S/c1-23-34(54-41-36(23)37(28-12-15-30(42)16-13-28)43-25(3)38-46-45-26(4)50(38)41)18-14-29-21-48(47-24(29)2)20-7-5-6-9-27-10-8-11-31-32(27)22-49(40(31)53)33-17-19-35(51)44-39(33)52/h8,10-13,15-16,21,25,33H,5-7,9,17,19-20,22H2,1-4H3,(H,44,51,52)/t25-,33?/m0/s1. The van der Waals surface area contributed by atoms with E-state index in [-0.39, 0.29) is 30.2 Å². The normalized spacial score (nSPS) is 17.7. The molecule has 0 aliphatic carbocycles. The number of aromatic nitrogens is 5. The SMILES string of the molecule is Cc1nn(CCCCCc2cccc3c2CN(C2CCC(=O)NC2=O)C3=O)cc1C#Cc1sc2c(c1C)C(c1ccc(Cl)cc1)=N[C@@H](C)c1nnc(C)n1-2. The molecule has 2 aromatic carbocycles. The molecule has 0 spiro atoms. The van der Waals surface area contributed by atoms with Gasteiger partial charge in [0, 0.05) is 47.4 Å². The van der Waals surface area contributed by atoms with Gasteiger partial charge in [-0.3, -0.25) is 33.9 Å². The van der Waals surface area contributed by atoms with Gasteiger partial charge in [-0.2, -0.15) is 5.10 Å². The number of halogens is 1. The monoisotopic (exact) mass is 758 g/mol. The average molecular weight is 759 g/mol. The van der Waals surface area contributed by atoms with E-state index >= 15 is 0 Å². The Morgan fingerprint density at radius 3 is 2.61 bits per heavy atom. The lowest BCUT2D eigenvalue weighted by atomic mass is 9.98. The number of thiophene rings is 1. The van der Waals surface area contributed by atoms with Crippen molar-refractivity contribution in [1.29, 1.82) is 0 Å². The van der Waals surface area contributed by atoms with Gasteiger partial charge in [-0.25, -0.2) is 0 Å². The van der Waals surface area contributed by atoms with Gasteiger partial charge in [-0.15, -0.1) is 21.5 Å². The molecule has 1 saturated heterocycles. The molecule has 3 aromatic heterocycles. The molecule has 5 aromatic rings. The zero-order valence-electron chi connectivity index (χ0n) is 30.6. The second-order valence-electron chi connectivity index (χ2n) is 14.1. The molecule has 274 valence electrons. The molecule has 1 fully saturated rings. The van der Waals surface area contributed by atoms with Crippen molar-refractivity contribution in [2.45, 2.75) is 91.4 Å². The Bertz CT molecular complexity index is 2430. The maximum atomic E-state index is 13.2. The summed E-state index contributed by atoms with van der Waals surface area (Å²) in [5, 5.41) is 17.7. The minimum absolute atomic E-state index is 0.135. The molecule has 13 heteroatoms. The number of rotatable bonds is 8. The predicted octanol–water partition coefficient (Wildman–Crippen LogP) is 6.59. The number of benzene rings is 2. The number of nitrogens with one attached hydrogen (secondary N) is 1. The number of nitrogens with zero attached hydrogens (tertiary/aromatic N) is 7. The molecule has 3 aliphatic heterocycles. The Balaban J connectivity index is 0.935. The molecular formula is C41H39ClN8O3S. The number of hydrogen-bond donors (Lipinski definition) is 1. The van der Waals surface area contributed by atoms with Crippen LogP contribution in [0, 0.1) is 32.6 Å². The maximum Gasteiger partial charge on any atom is 0.255 e. The maximum absolute atomic E-state index is 13.2. The number of unbranched alkanes of at least 4 members (excludes halogenated alkanes) is 2. The van der Waals surface area contributed by atoms with E-state index in [1.165, 1.54) is 0 Å². The third-order valence-corrected chi connectivity index (χ3v) is 11.9. The van der Waals surface area contributed by atoms with Crippen molar-refractivity contribution in [3.8, 4) is 16.8 Å². The Hall–Kier alpha value is -5.38. The second-order valence-corrected chi connectivity index (χ2v) is 15.6. The minimum atomic E-state index is -0.606. The number of piperidine rings is 1. The van der Waals surface area contributed by atoms with Crippen LogP contribution in [0.3, 0.4) is 0 Å². The molecule has 3 amide bonds. The molecule has 2 atom stereocenters. The third-order valence-electron chi connectivity index (χ3n) is 10.5. The van der Waals surface area contributed by atoms with E-state index in [0.717, 1.165) is 98.5 Å². The van der Waals surface area contributed by atoms with Gasteiger partial charge >= 0.3 is 0 Å². The largest absolute Gasteiger partial charge is 0.322 e. The van der Waals surface area contributed by atoms with Gasteiger partial charge < -0.3 is 4.90 Å². The van der Waals surface area contributed by atoms with Gasteiger partial charge in [0.2, 0.25) is 11.8 Å². The van der Waals surface area contributed by atoms with Gasteiger partial charge in [-0.05, 0) is 88.3 Å². The Morgan fingerprint density at radius 2 is 1.81 bits per heavy atom. The Labute approximate surface area is 322 Å². The number of hydrogen-bond acceptors (Lipinski definition) is 8. The van der Waals surface area contributed by atoms with Crippen LogP contribution < -0.4 is 5.32 Å². The van der Waals surface area contributed by atoms with Crippen molar-refractivity contribution in [1.82, 2.24) is 34.8 Å². The van der Waals surface area contributed by atoms with Crippen LogP contribution in [0.5, 0.6) is 0 Å². The first kappa shape index (κ1) is 35.6. The number of imide groups is 1. The van der Waals surface area contributed by atoms with E-state index in [0.29, 0.717) is 23.6 Å². The Kier molecular flexibility index (Phi) is 9.54. The van der Waals surface area contributed by atoms with Crippen molar-refractivity contribution in [2.75, 3.05) is 0 Å². The summed E-state index contributed by atoms with van der Waals surface area (Å²) in [4.78, 5) is 45.0. The predicted molar refractivity (Wildman–Crippen MR) is 207 cm³/mol. The summed E-state index contributed by atoms with van der Waals surface area (Å²) in [6.07, 6.45) is 6.39. The fourth-order valence-electron chi connectivity index (χ4n) is 7.63. The molecule has 0 radical (unpaired) electrons. The molecule has 0 bridgehead atoms. The minimum Gasteiger partial charge on any atom is -0.322 e. The molecule has 3 aliphatic rings. The van der Waals surface area contributed by atoms with Crippen molar-refractivity contribution < 1.29 is 14.4 Å². The molecule has 1 unspecified atom stereocenters. The number of carbonyl (C=O) groups excluding carboxylic acids is 3. The van der Waals surface area contributed by atoms with Crippen LogP contribution >= 0.6 is 22.9 Å². The Morgan fingerprint density at radius 1 is 1.00 bits per heavy atom. The summed E-state index contributed by atoms with van der Waals surface area (Å²) in [7, 11) is 0. The van der Waals surface area contributed by atoms with Crippen LogP contribution in [0.4, 0.5) is 0 Å². The van der Waals surface area contributed by atoms with E-state index < -0.39 is 6.04 Å². The van der Waals surface area contributed by atoms with E-state index in [4.69, 9.17) is 21.7 Å². The van der Waals surface area contributed by atoms with Crippen molar-refractivity contribution >= 4 is 46.4 Å². The fraction of sp³-hybridized carbons (Fsp3) is 0.341. The average Bonchev–Trinajstić information content (AvgIpc) is 3.88. The van der Waals surface area contributed by atoms with Gasteiger partial charge in [0.25, 0.3) is 5.91 Å². The molecule has 1 N–H and O–H groups in total. The van der Waals surface area contributed by atoms with Gasteiger partial charge in [-0.1, -0.05) is 54.1 Å². The first-order valence-electron chi connectivity index (χ1n) is 18.3. The lowest BCUT2D eigenvalue weighted by Crippen LogP contribution is -2.52. The quantitative estimate of drug-likeness (QED) is 0.108. The number of fused-ring (bicyclic) bond motifs is 4. The van der Waals surface area contributed by atoms with Crippen LogP contribution in [0.1, 0.15) is 111 Å². The molecule has 8 rings (SSSR count). The van der Waals surface area contributed by atoms with Crippen LogP contribution in [0.25, 0.3) is 5.00 Å². The van der Waals surface area contributed by atoms with Crippen molar-refractivity contribution in [3.05, 3.63) is 115 Å². The van der Waals surface area contributed by atoms with Gasteiger partial charge in [0.1, 0.15) is 22.9 Å². The van der Waals surface area contributed by atoms with Crippen LogP contribution in [-0.2, 0) is 29.1 Å². The lowest BCUT2D eigenvalue weighted by Gasteiger charge is -2.29. The molecule has 11 nitrogen and oxygen atoms in total. The number of aliphatic imine (C=N–C) groups is 1. The number of carbonyl (C=O) groups is 3. The highest BCUT2D eigenvalue weighted by Crippen LogP contribution is 2.39. The molecule has 6 heterocycles. The number of amides is 3. The summed E-state index contributed by atoms with van der Waals surface area (Å²) < 4.78 is 4.09. The second kappa shape index (κ2) is 14.5. The van der Waals surface area contributed by atoms with Crippen LogP contribution in [0.2, 0.25) is 5.02 Å². The highest BCUT2D eigenvalue weighted by molar-refractivity contribution is 7.15. The smallest absolute Gasteiger partial charge is 0.255 e. The first-order chi connectivity index (χ1) is 26.1. The van der Waals surface area contributed by atoms with Crippen LogP contribution in [-0.4, -0.2) is 58.9 Å². The third kappa shape index (κ3) is 6.56. The highest BCUT2D eigenvalue weighted by Gasteiger charge is 2.39. The summed E-state index contributed by atoms with van der Waals surface area (Å²) >= 11 is 7.87. The molecule has 0 saturated carbocycles. The summed E-state index contributed by atoms with van der Waals surface area (Å²) in [5.41, 5.74) is 8.55. The molecular weight excluding hydrogens is 720 g/mol. The first-order valence-corrected chi connectivity index (χ1v) is 19.5. The highest BCUT2D eigenvalue weighted by atomic mass is 35.5. The topological polar surface area (TPSA) is 127 Å². The lowest BCUT2D eigenvalue weighted by molar-refractivity contribution is -0.136. The summed E-state index contributed by atoms with van der Waals surface area (Å²) in [5.74, 6) is 7.68. The van der Waals surface area contributed by atoms with E-state index in [9.17, 15) is 14.4 Å². The zero-order valence-corrected chi connectivity index (χ0v) is 32.1. The summed E-state index contributed by atoms with van der Waals surface area (Å²) in [6, 6.07) is 12.8. The van der Waals surface area contributed by atoms with E-state index in [1.807, 2.05) is 68.0 Å². The van der Waals surface area contributed by atoms with E-state index in [2.05, 4.69) is 44.9 Å². The van der Waals surface area contributed by atoms with E-state index in [1.54, 1.807) is 16.2 Å². The zero-order chi connectivity index (χ0) is 37.7. The van der Waals surface area contributed by atoms with Gasteiger partial charge in [0.15, 0.2) is 5.82 Å².